The Labute approximate surface area is 173 Å². The molecular formula is C21H24FN3O5. The molecule has 0 saturated heterocycles. The molecule has 9 heteroatoms. The van der Waals surface area contributed by atoms with Gasteiger partial charge in [-0.05, 0) is 43.5 Å². The molecule has 1 atom stereocenters. The lowest BCUT2D eigenvalue weighted by Gasteiger charge is -2.15. The summed E-state index contributed by atoms with van der Waals surface area (Å²) in [6.45, 7) is 1.44. The number of carbonyl (C=O) groups excluding carboxylic acids is 1. The van der Waals surface area contributed by atoms with Crippen molar-refractivity contribution in [2.24, 2.45) is 10.7 Å². The molecule has 0 spiro atoms. The van der Waals surface area contributed by atoms with Crippen LogP contribution in [0.15, 0.2) is 53.7 Å². The molecule has 160 valence electrons. The summed E-state index contributed by atoms with van der Waals surface area (Å²) in [4.78, 5) is 16.3. The summed E-state index contributed by atoms with van der Waals surface area (Å²) in [6, 6.07) is 8.49. The Hall–Kier alpha value is -3.59. The van der Waals surface area contributed by atoms with E-state index in [4.69, 9.17) is 19.9 Å². The summed E-state index contributed by atoms with van der Waals surface area (Å²) in [5, 5.41) is 12.0. The number of carbonyl (C=O) groups is 1. The number of nitrogens with two attached hydrogens (primary N) is 1. The fourth-order valence-electron chi connectivity index (χ4n) is 2.33. The zero-order valence-corrected chi connectivity index (χ0v) is 16.9. The number of hydrogen-bond acceptors (Lipinski definition) is 6. The van der Waals surface area contributed by atoms with Crippen LogP contribution in [0.2, 0.25) is 0 Å². The van der Waals surface area contributed by atoms with E-state index in [0.717, 1.165) is 6.07 Å². The van der Waals surface area contributed by atoms with Gasteiger partial charge in [-0.25, -0.2) is 4.39 Å². The molecule has 0 aliphatic heterocycles. The first kappa shape index (κ1) is 22.7. The lowest BCUT2D eigenvalue weighted by atomic mass is 10.2. The highest BCUT2D eigenvalue weighted by atomic mass is 19.1. The van der Waals surface area contributed by atoms with E-state index in [1.165, 1.54) is 49.7 Å². The Kier molecular flexibility index (Phi) is 8.18. The molecule has 0 saturated carbocycles. The Morgan fingerprint density at radius 3 is 2.63 bits per heavy atom. The fourth-order valence-corrected chi connectivity index (χ4v) is 2.33. The zero-order chi connectivity index (χ0) is 22.1. The molecule has 4 N–H and O–H groups in total. The van der Waals surface area contributed by atoms with Crippen molar-refractivity contribution in [2.75, 3.05) is 20.8 Å². The summed E-state index contributed by atoms with van der Waals surface area (Å²) in [7, 11) is 3.04. The fraction of sp³-hybridized carbons (Fsp3) is 0.238. The third-order valence-electron chi connectivity index (χ3n) is 3.73. The standard InChI is InChI=1S/C21H24FN3O5/c1-13(12-26)29-16-8-14(21(27)25-20(23)6-7-24-2)9-17(10-16)30-15-4-5-19(28-3)18(22)11-15/h4-11,13,24,26H,12H2,1-3H3,(H2,23,25,27)/b7-6-/t13-/m0/s1. The minimum atomic E-state index is -0.624. The molecular weight excluding hydrogens is 393 g/mol. The number of rotatable bonds is 9. The summed E-state index contributed by atoms with van der Waals surface area (Å²) in [6.07, 6.45) is 2.44. The van der Waals surface area contributed by atoms with Gasteiger partial charge in [0, 0.05) is 24.7 Å². The van der Waals surface area contributed by atoms with Crippen molar-refractivity contribution in [1.82, 2.24) is 5.32 Å². The second-order valence-electron chi connectivity index (χ2n) is 6.17. The number of amidine groups is 1. The van der Waals surface area contributed by atoms with Gasteiger partial charge < -0.3 is 30.4 Å². The minimum Gasteiger partial charge on any atom is -0.494 e. The number of methoxy groups -OCH3 is 1. The van der Waals surface area contributed by atoms with E-state index in [2.05, 4.69) is 10.3 Å². The topological polar surface area (TPSA) is 115 Å². The van der Waals surface area contributed by atoms with E-state index in [1.807, 2.05) is 0 Å². The number of benzene rings is 2. The van der Waals surface area contributed by atoms with Crippen molar-refractivity contribution in [3.8, 4) is 23.0 Å². The number of amides is 1. The monoisotopic (exact) mass is 417 g/mol. The van der Waals surface area contributed by atoms with Crippen LogP contribution in [0.3, 0.4) is 0 Å². The molecule has 8 nitrogen and oxygen atoms in total. The van der Waals surface area contributed by atoms with Crippen LogP contribution >= 0.6 is 0 Å². The molecule has 30 heavy (non-hydrogen) atoms. The van der Waals surface area contributed by atoms with Crippen molar-refractivity contribution in [3.63, 3.8) is 0 Å². The number of hydrogen-bond donors (Lipinski definition) is 3. The van der Waals surface area contributed by atoms with Gasteiger partial charge in [0.05, 0.1) is 13.7 Å². The van der Waals surface area contributed by atoms with Crippen molar-refractivity contribution >= 4 is 11.7 Å². The van der Waals surface area contributed by atoms with Gasteiger partial charge in [0.25, 0.3) is 5.91 Å². The highest BCUT2D eigenvalue weighted by Crippen LogP contribution is 2.30. The normalized spacial score (nSPS) is 12.5. The predicted octanol–water partition coefficient (Wildman–Crippen LogP) is 2.62. The second-order valence-corrected chi connectivity index (χ2v) is 6.17. The molecule has 2 rings (SSSR count). The number of aliphatic imine (C=N–C) groups is 1. The van der Waals surface area contributed by atoms with Crippen LogP contribution in [0.4, 0.5) is 4.39 Å². The number of aliphatic hydroxyl groups is 1. The summed E-state index contributed by atoms with van der Waals surface area (Å²) in [5.74, 6) is -0.465. The maximum atomic E-state index is 13.9. The van der Waals surface area contributed by atoms with Crippen LogP contribution in [0.25, 0.3) is 0 Å². The summed E-state index contributed by atoms with van der Waals surface area (Å²) in [5.41, 5.74) is 5.84. The highest BCUT2D eigenvalue weighted by molar-refractivity contribution is 6.06. The van der Waals surface area contributed by atoms with Crippen LogP contribution in [0, 0.1) is 5.82 Å². The summed E-state index contributed by atoms with van der Waals surface area (Å²) >= 11 is 0. The Bertz CT molecular complexity index is 946. The molecule has 2 aromatic rings. The molecule has 0 bridgehead atoms. The van der Waals surface area contributed by atoms with E-state index >= 15 is 0 Å². The number of nitrogens with one attached hydrogen (secondary N) is 1. The van der Waals surface area contributed by atoms with Crippen molar-refractivity contribution in [2.45, 2.75) is 13.0 Å². The Morgan fingerprint density at radius 2 is 2.00 bits per heavy atom. The molecule has 2 aromatic carbocycles. The average Bonchev–Trinajstić information content (AvgIpc) is 2.72. The minimum absolute atomic E-state index is 0.00379. The van der Waals surface area contributed by atoms with Crippen molar-refractivity contribution < 1.29 is 28.5 Å². The van der Waals surface area contributed by atoms with Crippen LogP contribution in [0.1, 0.15) is 17.3 Å². The molecule has 0 fully saturated rings. The van der Waals surface area contributed by atoms with Gasteiger partial charge in [0.15, 0.2) is 11.6 Å². The van der Waals surface area contributed by atoms with Gasteiger partial charge >= 0.3 is 0 Å². The van der Waals surface area contributed by atoms with Gasteiger partial charge in [-0.2, -0.15) is 4.99 Å². The predicted molar refractivity (Wildman–Crippen MR) is 111 cm³/mol. The Morgan fingerprint density at radius 1 is 1.27 bits per heavy atom. The smallest absolute Gasteiger partial charge is 0.279 e. The van der Waals surface area contributed by atoms with Gasteiger partial charge in [0.1, 0.15) is 29.2 Å². The van der Waals surface area contributed by atoms with E-state index in [-0.39, 0.29) is 41.0 Å². The lowest BCUT2D eigenvalue weighted by Crippen LogP contribution is -2.16. The Balaban J connectivity index is 2.38. The van der Waals surface area contributed by atoms with E-state index in [0.29, 0.717) is 0 Å². The zero-order valence-electron chi connectivity index (χ0n) is 16.9. The molecule has 1 amide bonds. The van der Waals surface area contributed by atoms with Gasteiger partial charge in [0.2, 0.25) is 0 Å². The third-order valence-corrected chi connectivity index (χ3v) is 3.73. The van der Waals surface area contributed by atoms with E-state index < -0.39 is 17.8 Å². The van der Waals surface area contributed by atoms with Crippen LogP contribution < -0.4 is 25.3 Å². The summed E-state index contributed by atoms with van der Waals surface area (Å²) < 4.78 is 30.1. The molecule has 0 aromatic heterocycles. The van der Waals surface area contributed by atoms with E-state index in [1.54, 1.807) is 14.0 Å². The quantitative estimate of drug-likeness (QED) is 0.424. The first-order valence-electron chi connectivity index (χ1n) is 9.02. The molecule has 0 heterocycles. The van der Waals surface area contributed by atoms with Gasteiger partial charge in [-0.1, -0.05) is 0 Å². The molecule has 0 aliphatic rings. The van der Waals surface area contributed by atoms with Crippen LogP contribution in [-0.4, -0.2) is 43.7 Å². The molecule has 0 unspecified atom stereocenters. The first-order valence-corrected chi connectivity index (χ1v) is 9.02. The third kappa shape index (κ3) is 6.49. The van der Waals surface area contributed by atoms with Crippen LogP contribution in [-0.2, 0) is 0 Å². The first-order chi connectivity index (χ1) is 14.4. The number of ether oxygens (including phenoxy) is 3. The van der Waals surface area contributed by atoms with Gasteiger partial charge in [-0.15, -0.1) is 0 Å². The molecule has 0 aliphatic carbocycles. The second kappa shape index (κ2) is 10.8. The van der Waals surface area contributed by atoms with Gasteiger partial charge in [-0.3, -0.25) is 4.79 Å². The van der Waals surface area contributed by atoms with Crippen LogP contribution in [0.5, 0.6) is 23.0 Å². The molecule has 0 radical (unpaired) electrons. The number of halogens is 1. The maximum absolute atomic E-state index is 13.9. The largest absolute Gasteiger partial charge is 0.494 e. The van der Waals surface area contributed by atoms with Crippen molar-refractivity contribution in [1.29, 1.82) is 0 Å². The average molecular weight is 417 g/mol. The van der Waals surface area contributed by atoms with E-state index in [9.17, 15) is 14.3 Å². The number of aliphatic hydroxyl groups excluding tert-OH is 1. The SMILES string of the molecule is CN/C=C\C(N)=NC(=O)c1cc(Oc2ccc(OC)c(F)c2)cc(O[C@@H](C)CO)c1. The lowest BCUT2D eigenvalue weighted by molar-refractivity contribution is 0.100. The highest BCUT2D eigenvalue weighted by Gasteiger charge is 2.13. The van der Waals surface area contributed by atoms with Crippen molar-refractivity contribution in [3.05, 3.63) is 60.1 Å². The number of nitrogens with zero attached hydrogens (tertiary/aromatic N) is 1. The maximum Gasteiger partial charge on any atom is 0.279 e.